The molecule has 0 aromatic heterocycles. The highest BCUT2D eigenvalue weighted by atomic mass is 35.5. The first-order valence-corrected chi connectivity index (χ1v) is 6.48. The summed E-state index contributed by atoms with van der Waals surface area (Å²) in [5.74, 6) is 0.507. The van der Waals surface area contributed by atoms with Gasteiger partial charge in [-0.1, -0.05) is 48.0 Å². The zero-order valence-corrected chi connectivity index (χ0v) is 11.6. The van der Waals surface area contributed by atoms with Crippen LogP contribution in [0.4, 0.5) is 0 Å². The van der Waals surface area contributed by atoms with Crippen LogP contribution < -0.4 is 4.74 Å². The second-order valence-corrected chi connectivity index (χ2v) is 4.79. The van der Waals surface area contributed by atoms with Gasteiger partial charge >= 0.3 is 0 Å². The largest absolute Gasteiger partial charge is 0.481 e. The minimum Gasteiger partial charge on any atom is -0.481 e. The van der Waals surface area contributed by atoms with Crippen LogP contribution in [0.1, 0.15) is 13.8 Å². The first-order chi connectivity index (χ1) is 9.08. The van der Waals surface area contributed by atoms with Gasteiger partial charge in [0, 0.05) is 0 Å². The molecule has 0 N–H and O–H groups in total. The zero-order chi connectivity index (χ0) is 13.8. The lowest BCUT2D eigenvalue weighted by Crippen LogP contribution is -2.20. The van der Waals surface area contributed by atoms with Crippen molar-refractivity contribution in [2.75, 3.05) is 0 Å². The Labute approximate surface area is 118 Å². The average molecular weight is 275 g/mol. The number of ether oxygens (including phenoxy) is 1. The molecule has 98 valence electrons. The number of carbonyl (C=O) groups excluding carboxylic acids is 1. The van der Waals surface area contributed by atoms with Crippen LogP contribution in [0, 0.1) is 0 Å². The van der Waals surface area contributed by atoms with Crippen LogP contribution in [0.25, 0.3) is 11.1 Å². The van der Waals surface area contributed by atoms with Crippen molar-refractivity contribution in [1.82, 2.24) is 0 Å². The van der Waals surface area contributed by atoms with Crippen molar-refractivity contribution in [3.8, 4) is 16.9 Å². The normalized spacial score (nSPS) is 11.9. The number of hydrogen-bond acceptors (Lipinski definition) is 2. The van der Waals surface area contributed by atoms with E-state index in [-0.39, 0.29) is 5.78 Å². The van der Waals surface area contributed by atoms with E-state index >= 15 is 0 Å². The number of Topliss-reactive ketones (excluding diaryl/α,β-unsaturated/α-hetero) is 1. The van der Waals surface area contributed by atoms with Gasteiger partial charge in [0.1, 0.15) is 5.75 Å². The van der Waals surface area contributed by atoms with Gasteiger partial charge in [-0.2, -0.15) is 0 Å². The third kappa shape index (κ3) is 3.36. The molecule has 0 fully saturated rings. The third-order valence-corrected chi connectivity index (χ3v) is 3.21. The maximum Gasteiger partial charge on any atom is 0.169 e. The van der Waals surface area contributed by atoms with Gasteiger partial charge in [0.05, 0.1) is 5.02 Å². The molecule has 0 aliphatic rings. The highest BCUT2D eigenvalue weighted by Crippen LogP contribution is 2.30. The molecule has 0 aliphatic heterocycles. The molecule has 3 heteroatoms. The number of benzene rings is 2. The maximum atomic E-state index is 11.2. The summed E-state index contributed by atoms with van der Waals surface area (Å²) in [5.41, 5.74) is 2.11. The molecule has 0 saturated heterocycles. The fourth-order valence-corrected chi connectivity index (χ4v) is 1.91. The zero-order valence-electron chi connectivity index (χ0n) is 10.9. The summed E-state index contributed by atoms with van der Waals surface area (Å²) < 4.78 is 5.52. The molecule has 2 rings (SSSR count). The van der Waals surface area contributed by atoms with E-state index in [4.69, 9.17) is 16.3 Å². The summed E-state index contributed by atoms with van der Waals surface area (Å²) >= 11 is 6.19. The topological polar surface area (TPSA) is 26.3 Å². The van der Waals surface area contributed by atoms with Crippen LogP contribution in [-0.4, -0.2) is 11.9 Å². The molecule has 0 heterocycles. The molecule has 0 radical (unpaired) electrons. The monoisotopic (exact) mass is 274 g/mol. The van der Waals surface area contributed by atoms with Gasteiger partial charge in [-0.25, -0.2) is 0 Å². The van der Waals surface area contributed by atoms with Gasteiger partial charge in [0.15, 0.2) is 11.9 Å². The van der Waals surface area contributed by atoms with E-state index in [0.29, 0.717) is 10.8 Å². The molecule has 0 bridgehead atoms. The highest BCUT2D eigenvalue weighted by molar-refractivity contribution is 6.32. The van der Waals surface area contributed by atoms with Gasteiger partial charge < -0.3 is 4.74 Å². The lowest BCUT2D eigenvalue weighted by molar-refractivity contribution is -0.122. The molecule has 1 atom stereocenters. The van der Waals surface area contributed by atoms with E-state index in [1.807, 2.05) is 42.5 Å². The molecular weight excluding hydrogens is 260 g/mol. The van der Waals surface area contributed by atoms with Crippen molar-refractivity contribution in [3.05, 3.63) is 53.6 Å². The Morgan fingerprint density at radius 2 is 1.79 bits per heavy atom. The SMILES string of the molecule is CC(=O)C(C)Oc1ccc(-c2ccccc2)cc1Cl. The second-order valence-electron chi connectivity index (χ2n) is 4.38. The number of rotatable bonds is 4. The van der Waals surface area contributed by atoms with Gasteiger partial charge in [-0.05, 0) is 37.1 Å². The number of hydrogen-bond donors (Lipinski definition) is 0. The predicted octanol–water partition coefficient (Wildman–Crippen LogP) is 4.36. The van der Waals surface area contributed by atoms with E-state index < -0.39 is 6.10 Å². The predicted molar refractivity (Wildman–Crippen MR) is 77.7 cm³/mol. The maximum absolute atomic E-state index is 11.2. The van der Waals surface area contributed by atoms with Crippen LogP contribution in [-0.2, 0) is 4.79 Å². The molecule has 2 aromatic carbocycles. The molecule has 0 saturated carbocycles. The van der Waals surface area contributed by atoms with E-state index in [1.54, 1.807) is 13.0 Å². The first kappa shape index (κ1) is 13.6. The third-order valence-electron chi connectivity index (χ3n) is 2.92. The average Bonchev–Trinajstić information content (AvgIpc) is 2.41. The highest BCUT2D eigenvalue weighted by Gasteiger charge is 2.12. The Balaban J connectivity index is 2.25. The summed E-state index contributed by atoms with van der Waals surface area (Å²) in [7, 11) is 0. The fraction of sp³-hybridized carbons (Fsp3) is 0.188. The van der Waals surface area contributed by atoms with Crippen molar-refractivity contribution >= 4 is 17.4 Å². The number of carbonyl (C=O) groups is 1. The second kappa shape index (κ2) is 5.89. The van der Waals surface area contributed by atoms with Crippen LogP contribution >= 0.6 is 11.6 Å². The Bertz CT molecular complexity index is 579. The smallest absolute Gasteiger partial charge is 0.169 e. The van der Waals surface area contributed by atoms with Gasteiger partial charge in [0.2, 0.25) is 0 Å². The minimum absolute atomic E-state index is 0.0248. The van der Waals surface area contributed by atoms with Gasteiger partial charge in [-0.3, -0.25) is 4.79 Å². The lowest BCUT2D eigenvalue weighted by Gasteiger charge is -2.13. The Morgan fingerprint density at radius 1 is 1.11 bits per heavy atom. The van der Waals surface area contributed by atoms with Crippen LogP contribution in [0.5, 0.6) is 5.75 Å². The van der Waals surface area contributed by atoms with Crippen LogP contribution in [0.15, 0.2) is 48.5 Å². The molecule has 0 spiro atoms. The quantitative estimate of drug-likeness (QED) is 0.828. The molecular formula is C16H15ClO2. The Hall–Kier alpha value is -1.80. The standard InChI is InChI=1S/C16H15ClO2/c1-11(18)12(2)19-16-9-8-14(10-15(16)17)13-6-4-3-5-7-13/h3-10,12H,1-2H3. The van der Waals surface area contributed by atoms with Crippen LogP contribution in [0.3, 0.4) is 0 Å². The van der Waals surface area contributed by atoms with Crippen molar-refractivity contribution < 1.29 is 9.53 Å². The van der Waals surface area contributed by atoms with E-state index in [1.165, 1.54) is 6.92 Å². The molecule has 0 aliphatic carbocycles. The van der Waals surface area contributed by atoms with Crippen molar-refractivity contribution in [2.24, 2.45) is 0 Å². The van der Waals surface area contributed by atoms with E-state index in [2.05, 4.69) is 0 Å². The molecule has 2 nitrogen and oxygen atoms in total. The van der Waals surface area contributed by atoms with E-state index in [9.17, 15) is 4.79 Å². The molecule has 2 aromatic rings. The summed E-state index contributed by atoms with van der Waals surface area (Å²) in [6.07, 6.45) is -0.486. The summed E-state index contributed by atoms with van der Waals surface area (Å²) in [6.45, 7) is 3.21. The van der Waals surface area contributed by atoms with E-state index in [0.717, 1.165) is 11.1 Å². The lowest BCUT2D eigenvalue weighted by atomic mass is 10.1. The first-order valence-electron chi connectivity index (χ1n) is 6.10. The number of ketones is 1. The van der Waals surface area contributed by atoms with Crippen LogP contribution in [0.2, 0.25) is 5.02 Å². The summed E-state index contributed by atoms with van der Waals surface area (Å²) in [4.78, 5) is 11.2. The Kier molecular flexibility index (Phi) is 4.23. The van der Waals surface area contributed by atoms with Gasteiger partial charge in [-0.15, -0.1) is 0 Å². The molecule has 19 heavy (non-hydrogen) atoms. The fourth-order valence-electron chi connectivity index (χ4n) is 1.68. The molecule has 0 amide bonds. The summed E-state index contributed by atoms with van der Waals surface area (Å²) in [5, 5.41) is 0.509. The summed E-state index contributed by atoms with van der Waals surface area (Å²) in [6, 6.07) is 15.5. The van der Waals surface area contributed by atoms with Crippen molar-refractivity contribution in [1.29, 1.82) is 0 Å². The van der Waals surface area contributed by atoms with Crippen molar-refractivity contribution in [3.63, 3.8) is 0 Å². The minimum atomic E-state index is -0.486. The number of halogens is 1. The Morgan fingerprint density at radius 3 is 2.37 bits per heavy atom. The van der Waals surface area contributed by atoms with Gasteiger partial charge in [0.25, 0.3) is 0 Å². The molecule has 1 unspecified atom stereocenters. The van der Waals surface area contributed by atoms with Crippen molar-refractivity contribution in [2.45, 2.75) is 20.0 Å².